The highest BCUT2D eigenvalue weighted by Crippen LogP contribution is 2.48. The summed E-state index contributed by atoms with van der Waals surface area (Å²) in [6.07, 6.45) is 3.71. The van der Waals surface area contributed by atoms with Crippen LogP contribution in [-0.4, -0.2) is 73.1 Å². The zero-order chi connectivity index (χ0) is 26.2. The summed E-state index contributed by atoms with van der Waals surface area (Å²) in [5.74, 6) is -0.361. The van der Waals surface area contributed by atoms with Gasteiger partial charge in [0, 0.05) is 50.7 Å². The van der Waals surface area contributed by atoms with Crippen LogP contribution in [-0.2, 0) is 14.9 Å². The van der Waals surface area contributed by atoms with Crippen LogP contribution in [0.5, 0.6) is 0 Å². The minimum absolute atomic E-state index is 0. The Labute approximate surface area is 219 Å². The largest absolute Gasteiger partial charge is 0.450 e. The summed E-state index contributed by atoms with van der Waals surface area (Å²) in [5.41, 5.74) is 10.2. The molecule has 3 heterocycles. The van der Waals surface area contributed by atoms with Crippen molar-refractivity contribution < 1.29 is 20.5 Å². The molecule has 2 saturated heterocycles. The van der Waals surface area contributed by atoms with Crippen LogP contribution < -0.4 is 10.6 Å². The molecule has 3 aliphatic rings. The van der Waals surface area contributed by atoms with E-state index >= 15 is 0 Å². The van der Waals surface area contributed by atoms with E-state index in [-0.39, 0.29) is 18.8 Å². The highest BCUT2D eigenvalue weighted by atomic mass is 16.6. The molecule has 5 rings (SSSR count). The maximum Gasteiger partial charge on any atom is 0.409 e. The van der Waals surface area contributed by atoms with Gasteiger partial charge >= 0.3 is 6.09 Å². The zero-order valence-corrected chi connectivity index (χ0v) is 21.7. The van der Waals surface area contributed by atoms with Gasteiger partial charge < -0.3 is 25.2 Å². The molecule has 3 amide bonds. The van der Waals surface area contributed by atoms with E-state index in [4.69, 9.17) is 10.5 Å². The molecule has 0 atom stereocenters. The molecule has 3 aliphatic heterocycles. The Hall–Kier alpha value is -3.39. The molecule has 0 aromatic heterocycles. The molecule has 0 unspecified atom stereocenters. The third-order valence-corrected chi connectivity index (χ3v) is 8.46. The minimum atomic E-state index is -0.435. The summed E-state index contributed by atoms with van der Waals surface area (Å²) >= 11 is 0. The predicted molar refractivity (Wildman–Crippen MR) is 145 cm³/mol. The lowest BCUT2D eigenvalue weighted by molar-refractivity contribution is -0.116. The van der Waals surface area contributed by atoms with Crippen LogP contribution in [0.2, 0.25) is 0 Å². The quantitative estimate of drug-likeness (QED) is 0.676. The fraction of sp³-hybridized carbons (Fsp3) is 0.483. The van der Waals surface area contributed by atoms with Gasteiger partial charge in [0.25, 0.3) is 0 Å². The number of likely N-dealkylation sites (tertiary alicyclic amines) is 2. The van der Waals surface area contributed by atoms with E-state index < -0.39 is 5.91 Å². The fourth-order valence-electron chi connectivity index (χ4n) is 6.33. The second-order valence-corrected chi connectivity index (χ2v) is 10.5. The summed E-state index contributed by atoms with van der Waals surface area (Å²) in [6.45, 7) is 8.05. The number of nitrogens with two attached hydrogens (primary N) is 1. The van der Waals surface area contributed by atoms with Crippen molar-refractivity contribution in [2.24, 2.45) is 5.73 Å². The number of ether oxygens (including phenoxy) is 1. The lowest BCUT2D eigenvalue weighted by Gasteiger charge is -2.45. The third kappa shape index (κ3) is 4.82. The van der Waals surface area contributed by atoms with Crippen molar-refractivity contribution >= 4 is 23.6 Å². The Morgan fingerprint density at radius 1 is 1.00 bits per heavy atom. The standard InChI is InChI=1S/C29H36N4O4.H2/c1-3-37-28(36)32-14-10-24(11-15-32)31-16-12-29(13-17-31)19-33(20(2)34)26-9-8-23(18-25(26)29)21-4-6-22(7-5-21)27(30)35;/h4-9,18,24H,3,10-17,19H2,1-2H3,(H2,30,35);1H. The number of nitrogens with zero attached hydrogens (tertiary/aromatic N) is 3. The van der Waals surface area contributed by atoms with Crippen LogP contribution in [0.3, 0.4) is 0 Å². The van der Waals surface area contributed by atoms with E-state index in [1.165, 1.54) is 5.56 Å². The maximum absolute atomic E-state index is 12.6. The fourth-order valence-corrected chi connectivity index (χ4v) is 6.33. The first kappa shape index (κ1) is 25.3. The number of rotatable bonds is 4. The van der Waals surface area contributed by atoms with Crippen LogP contribution >= 0.6 is 0 Å². The molecular weight excluding hydrogens is 468 g/mol. The zero-order valence-electron chi connectivity index (χ0n) is 21.7. The Balaban J connectivity index is 0.00000336. The maximum atomic E-state index is 12.6. The van der Waals surface area contributed by atoms with Gasteiger partial charge in [0.05, 0.1) is 6.61 Å². The Morgan fingerprint density at radius 3 is 2.24 bits per heavy atom. The van der Waals surface area contributed by atoms with E-state index in [2.05, 4.69) is 23.1 Å². The monoisotopic (exact) mass is 506 g/mol. The number of benzene rings is 2. The van der Waals surface area contributed by atoms with Crippen molar-refractivity contribution in [3.8, 4) is 11.1 Å². The van der Waals surface area contributed by atoms with Gasteiger partial charge in [0.2, 0.25) is 11.8 Å². The van der Waals surface area contributed by atoms with Crippen LogP contribution in [0.1, 0.15) is 56.9 Å². The van der Waals surface area contributed by atoms with Crippen LogP contribution in [0.25, 0.3) is 11.1 Å². The normalized spacial score (nSPS) is 19.6. The Kier molecular flexibility index (Phi) is 6.94. The number of anilines is 1. The second-order valence-electron chi connectivity index (χ2n) is 10.5. The number of hydrogen-bond donors (Lipinski definition) is 1. The molecule has 2 fully saturated rings. The average Bonchev–Trinajstić information content (AvgIpc) is 3.23. The molecule has 8 nitrogen and oxygen atoms in total. The summed E-state index contributed by atoms with van der Waals surface area (Å²) in [4.78, 5) is 42.4. The molecular formula is C29H38N4O4. The summed E-state index contributed by atoms with van der Waals surface area (Å²) < 4.78 is 5.17. The van der Waals surface area contributed by atoms with Crippen molar-refractivity contribution in [1.29, 1.82) is 0 Å². The van der Waals surface area contributed by atoms with Crippen molar-refractivity contribution in [3.05, 3.63) is 53.6 Å². The molecule has 0 saturated carbocycles. The SMILES string of the molecule is CCOC(=O)N1CCC(N2CCC3(CC2)CN(C(C)=O)c2ccc(-c4ccc(C(N)=O)cc4)cc23)CC1.[HH]. The predicted octanol–water partition coefficient (Wildman–Crippen LogP) is 4.02. The molecule has 0 aliphatic carbocycles. The number of fused-ring (bicyclic) bond motifs is 2. The number of hydrogen-bond acceptors (Lipinski definition) is 5. The number of carbonyl (C=O) groups excluding carboxylic acids is 3. The van der Waals surface area contributed by atoms with Gasteiger partial charge in [-0.1, -0.05) is 18.2 Å². The van der Waals surface area contributed by atoms with Crippen molar-refractivity contribution in [2.45, 2.75) is 51.0 Å². The number of carbonyl (C=O) groups is 3. The molecule has 2 aromatic carbocycles. The van der Waals surface area contributed by atoms with Gasteiger partial charge in [-0.3, -0.25) is 9.59 Å². The molecule has 8 heteroatoms. The Morgan fingerprint density at radius 2 is 1.65 bits per heavy atom. The van der Waals surface area contributed by atoms with E-state index in [1.54, 1.807) is 19.1 Å². The summed E-state index contributed by atoms with van der Waals surface area (Å²) in [5, 5.41) is 0. The van der Waals surface area contributed by atoms with Gasteiger partial charge in [-0.05, 0) is 86.7 Å². The smallest absolute Gasteiger partial charge is 0.409 e. The summed E-state index contributed by atoms with van der Waals surface area (Å²) in [7, 11) is 0. The van der Waals surface area contributed by atoms with Gasteiger partial charge in [-0.2, -0.15) is 0 Å². The van der Waals surface area contributed by atoms with Crippen molar-refractivity contribution in [3.63, 3.8) is 0 Å². The van der Waals surface area contributed by atoms with E-state index in [0.717, 1.165) is 75.2 Å². The third-order valence-electron chi connectivity index (χ3n) is 8.46. The topological polar surface area (TPSA) is 96.2 Å². The van der Waals surface area contributed by atoms with E-state index in [1.807, 2.05) is 28.9 Å². The molecule has 2 N–H and O–H groups in total. The first-order chi connectivity index (χ1) is 17.8. The molecule has 198 valence electrons. The average molecular weight is 507 g/mol. The van der Waals surface area contributed by atoms with Gasteiger partial charge in [-0.15, -0.1) is 0 Å². The van der Waals surface area contributed by atoms with E-state index in [9.17, 15) is 14.4 Å². The molecule has 0 radical (unpaired) electrons. The van der Waals surface area contributed by atoms with Crippen molar-refractivity contribution in [2.75, 3.05) is 44.2 Å². The number of primary amides is 1. The molecule has 0 bridgehead atoms. The highest BCUT2D eigenvalue weighted by Gasteiger charge is 2.46. The van der Waals surface area contributed by atoms with E-state index in [0.29, 0.717) is 18.2 Å². The first-order valence-electron chi connectivity index (χ1n) is 13.3. The number of amides is 3. The molecule has 37 heavy (non-hydrogen) atoms. The van der Waals surface area contributed by atoms with Gasteiger partial charge in [0.15, 0.2) is 0 Å². The Bertz CT molecular complexity index is 1190. The molecule has 1 spiro atoms. The first-order valence-corrected chi connectivity index (χ1v) is 13.3. The lowest BCUT2D eigenvalue weighted by Crippen LogP contribution is -2.52. The van der Waals surface area contributed by atoms with Crippen LogP contribution in [0.15, 0.2) is 42.5 Å². The number of piperidine rings is 2. The van der Waals surface area contributed by atoms with Gasteiger partial charge in [0.1, 0.15) is 0 Å². The lowest BCUT2D eigenvalue weighted by atomic mass is 9.73. The van der Waals surface area contributed by atoms with Crippen molar-refractivity contribution in [1.82, 2.24) is 9.80 Å². The second kappa shape index (κ2) is 10.2. The minimum Gasteiger partial charge on any atom is -0.450 e. The summed E-state index contributed by atoms with van der Waals surface area (Å²) in [6, 6.07) is 14.2. The molecule has 2 aromatic rings. The van der Waals surface area contributed by atoms with Crippen LogP contribution in [0, 0.1) is 0 Å². The van der Waals surface area contributed by atoms with Crippen LogP contribution in [0.4, 0.5) is 10.5 Å². The highest BCUT2D eigenvalue weighted by molar-refractivity contribution is 5.96. The van der Waals surface area contributed by atoms with Gasteiger partial charge in [-0.25, -0.2) is 4.79 Å².